The Balaban J connectivity index is 1.66. The van der Waals surface area contributed by atoms with Gasteiger partial charge in [-0.1, -0.05) is 12.1 Å². The van der Waals surface area contributed by atoms with E-state index in [1.54, 1.807) is 11.0 Å². The van der Waals surface area contributed by atoms with E-state index < -0.39 is 6.10 Å². The first-order valence-electron chi connectivity index (χ1n) is 7.22. The summed E-state index contributed by atoms with van der Waals surface area (Å²) in [6.45, 7) is 3.30. The molecule has 1 aromatic carbocycles. The summed E-state index contributed by atoms with van der Waals surface area (Å²) in [7, 11) is 0. The van der Waals surface area contributed by atoms with Crippen molar-refractivity contribution in [1.82, 2.24) is 10.2 Å². The molecule has 2 unspecified atom stereocenters. The highest BCUT2D eigenvalue weighted by Gasteiger charge is 2.31. The lowest BCUT2D eigenvalue weighted by Gasteiger charge is -2.36. The molecule has 1 N–H and O–H groups in total. The average Bonchev–Trinajstić information content (AvgIpc) is 2.55. The second-order valence-electron chi connectivity index (χ2n) is 5.26. The molecule has 0 bridgehead atoms. The van der Waals surface area contributed by atoms with Crippen LogP contribution in [0.15, 0.2) is 24.3 Å². The number of hydrogen-bond donors (Lipinski definition) is 1. The summed E-state index contributed by atoms with van der Waals surface area (Å²) >= 11 is 0. The number of ether oxygens (including phenoxy) is 2. The molecule has 2 fully saturated rings. The van der Waals surface area contributed by atoms with Crippen molar-refractivity contribution in [1.29, 1.82) is 0 Å². The van der Waals surface area contributed by atoms with E-state index in [4.69, 9.17) is 9.47 Å². The Hall–Kier alpha value is -1.50. The standard InChI is InChI=1S/C15H19FN2O3/c16-12-3-1-2-11(8-12)14-10-18(5-7-21-14)15(19)13-9-17-4-6-20-13/h1-3,8,13-14,17H,4-7,9-10H2. The van der Waals surface area contributed by atoms with Crippen LogP contribution in [0.2, 0.25) is 0 Å². The van der Waals surface area contributed by atoms with Gasteiger partial charge in [0.2, 0.25) is 0 Å². The number of amides is 1. The molecule has 0 radical (unpaired) electrons. The minimum atomic E-state index is -0.426. The lowest BCUT2D eigenvalue weighted by Crippen LogP contribution is -2.52. The van der Waals surface area contributed by atoms with Crippen molar-refractivity contribution >= 4 is 5.91 Å². The third-order valence-electron chi connectivity index (χ3n) is 3.80. The van der Waals surface area contributed by atoms with Crippen molar-refractivity contribution in [3.8, 4) is 0 Å². The maximum atomic E-state index is 13.3. The Morgan fingerprint density at radius 2 is 2.24 bits per heavy atom. The topological polar surface area (TPSA) is 50.8 Å². The van der Waals surface area contributed by atoms with Crippen molar-refractivity contribution in [2.75, 3.05) is 39.4 Å². The van der Waals surface area contributed by atoms with E-state index in [1.807, 2.05) is 6.07 Å². The van der Waals surface area contributed by atoms with E-state index in [9.17, 15) is 9.18 Å². The fourth-order valence-electron chi connectivity index (χ4n) is 2.69. The maximum absolute atomic E-state index is 13.3. The zero-order valence-corrected chi connectivity index (χ0v) is 11.8. The maximum Gasteiger partial charge on any atom is 0.253 e. The van der Waals surface area contributed by atoms with Crippen LogP contribution >= 0.6 is 0 Å². The predicted molar refractivity (Wildman–Crippen MR) is 74.3 cm³/mol. The zero-order chi connectivity index (χ0) is 14.7. The molecule has 0 aromatic heterocycles. The van der Waals surface area contributed by atoms with Crippen LogP contribution in [0.4, 0.5) is 4.39 Å². The van der Waals surface area contributed by atoms with Crippen molar-refractivity contribution < 1.29 is 18.7 Å². The van der Waals surface area contributed by atoms with Gasteiger partial charge in [0.15, 0.2) is 0 Å². The summed E-state index contributed by atoms with van der Waals surface area (Å²) < 4.78 is 24.5. The van der Waals surface area contributed by atoms with Crippen LogP contribution in [-0.4, -0.2) is 56.3 Å². The number of carbonyl (C=O) groups excluding carboxylic acids is 1. The molecule has 2 aliphatic heterocycles. The Kier molecular flexibility index (Phi) is 4.48. The van der Waals surface area contributed by atoms with Gasteiger partial charge < -0.3 is 19.7 Å². The summed E-state index contributed by atoms with van der Waals surface area (Å²) in [6, 6.07) is 6.33. The molecule has 5 nitrogen and oxygen atoms in total. The molecule has 0 saturated carbocycles. The number of morpholine rings is 2. The van der Waals surface area contributed by atoms with Gasteiger partial charge in [-0.3, -0.25) is 4.79 Å². The number of nitrogens with zero attached hydrogens (tertiary/aromatic N) is 1. The lowest BCUT2D eigenvalue weighted by molar-refractivity contribution is -0.152. The zero-order valence-electron chi connectivity index (χ0n) is 11.8. The van der Waals surface area contributed by atoms with Crippen LogP contribution in [0.25, 0.3) is 0 Å². The van der Waals surface area contributed by atoms with Crippen molar-refractivity contribution in [3.05, 3.63) is 35.6 Å². The van der Waals surface area contributed by atoms with Crippen molar-refractivity contribution in [2.24, 2.45) is 0 Å². The second-order valence-corrected chi connectivity index (χ2v) is 5.26. The molecule has 1 aromatic rings. The number of hydrogen-bond acceptors (Lipinski definition) is 4. The third kappa shape index (κ3) is 3.40. The molecule has 2 heterocycles. The van der Waals surface area contributed by atoms with Gasteiger partial charge in [0.1, 0.15) is 18.0 Å². The molecular weight excluding hydrogens is 275 g/mol. The molecule has 1 amide bonds. The van der Waals surface area contributed by atoms with Gasteiger partial charge in [0.25, 0.3) is 5.91 Å². The van der Waals surface area contributed by atoms with E-state index in [0.717, 1.165) is 12.1 Å². The number of halogens is 1. The van der Waals surface area contributed by atoms with E-state index in [0.29, 0.717) is 32.8 Å². The van der Waals surface area contributed by atoms with Crippen LogP contribution in [0, 0.1) is 5.82 Å². The highest BCUT2D eigenvalue weighted by Crippen LogP contribution is 2.23. The molecule has 0 spiro atoms. The lowest BCUT2D eigenvalue weighted by atomic mass is 10.1. The Bertz CT molecular complexity index is 505. The van der Waals surface area contributed by atoms with Crippen molar-refractivity contribution in [2.45, 2.75) is 12.2 Å². The van der Waals surface area contributed by atoms with Crippen LogP contribution < -0.4 is 5.32 Å². The Morgan fingerprint density at radius 3 is 3.00 bits per heavy atom. The molecule has 6 heteroatoms. The Morgan fingerprint density at radius 1 is 1.33 bits per heavy atom. The van der Waals surface area contributed by atoms with Crippen LogP contribution in [0.1, 0.15) is 11.7 Å². The van der Waals surface area contributed by atoms with Crippen LogP contribution in [0.5, 0.6) is 0 Å². The summed E-state index contributed by atoms with van der Waals surface area (Å²) in [5.74, 6) is -0.314. The quantitative estimate of drug-likeness (QED) is 0.873. The molecule has 2 aliphatic rings. The fraction of sp³-hybridized carbons (Fsp3) is 0.533. The van der Waals surface area contributed by atoms with Crippen LogP contribution in [0.3, 0.4) is 0 Å². The fourth-order valence-corrected chi connectivity index (χ4v) is 2.69. The number of nitrogens with one attached hydrogen (secondary N) is 1. The molecule has 3 rings (SSSR count). The number of rotatable bonds is 2. The summed E-state index contributed by atoms with van der Waals surface area (Å²) in [5, 5.41) is 3.15. The highest BCUT2D eigenvalue weighted by atomic mass is 19.1. The van der Waals surface area contributed by atoms with E-state index in [2.05, 4.69) is 5.32 Å². The first-order chi connectivity index (χ1) is 10.2. The van der Waals surface area contributed by atoms with Crippen LogP contribution in [-0.2, 0) is 14.3 Å². The van der Waals surface area contributed by atoms with Crippen molar-refractivity contribution in [3.63, 3.8) is 0 Å². The van der Waals surface area contributed by atoms with E-state index >= 15 is 0 Å². The monoisotopic (exact) mass is 294 g/mol. The normalized spacial score (nSPS) is 26.6. The minimum Gasteiger partial charge on any atom is -0.370 e. The molecule has 21 heavy (non-hydrogen) atoms. The predicted octanol–water partition coefficient (Wildman–Crippen LogP) is 0.714. The van der Waals surface area contributed by atoms with E-state index in [-0.39, 0.29) is 17.8 Å². The number of carbonyl (C=O) groups is 1. The summed E-state index contributed by atoms with van der Waals surface area (Å²) in [5.41, 5.74) is 0.759. The number of benzene rings is 1. The van der Waals surface area contributed by atoms with Gasteiger partial charge in [0.05, 0.1) is 19.8 Å². The molecule has 114 valence electrons. The smallest absolute Gasteiger partial charge is 0.253 e. The average molecular weight is 294 g/mol. The molecule has 0 aliphatic carbocycles. The van der Waals surface area contributed by atoms with Gasteiger partial charge >= 0.3 is 0 Å². The molecule has 2 saturated heterocycles. The van der Waals surface area contributed by atoms with Gasteiger partial charge in [-0.2, -0.15) is 0 Å². The first kappa shape index (κ1) is 14.4. The first-order valence-corrected chi connectivity index (χ1v) is 7.22. The largest absolute Gasteiger partial charge is 0.370 e. The summed E-state index contributed by atoms with van der Waals surface area (Å²) in [4.78, 5) is 14.2. The molecular formula is C15H19FN2O3. The minimum absolute atomic E-state index is 0.0214. The van der Waals surface area contributed by atoms with E-state index in [1.165, 1.54) is 12.1 Å². The van der Waals surface area contributed by atoms with Gasteiger partial charge in [0, 0.05) is 19.6 Å². The Labute approximate surface area is 123 Å². The van der Waals surface area contributed by atoms with Gasteiger partial charge in [-0.05, 0) is 17.7 Å². The SMILES string of the molecule is O=C(C1CNCCO1)N1CCOC(c2cccc(F)c2)C1. The third-order valence-corrected chi connectivity index (χ3v) is 3.80. The highest BCUT2D eigenvalue weighted by molar-refractivity contribution is 5.81. The second kappa shape index (κ2) is 6.51. The van der Waals surface area contributed by atoms with Gasteiger partial charge in [-0.15, -0.1) is 0 Å². The molecule has 2 atom stereocenters. The summed E-state index contributed by atoms with van der Waals surface area (Å²) in [6.07, 6.45) is -0.708. The van der Waals surface area contributed by atoms with Gasteiger partial charge in [-0.25, -0.2) is 4.39 Å².